The number of anilines is 3. The molecule has 1 heterocycles. The molecule has 5 heteroatoms. The molecule has 0 bridgehead atoms. The zero-order valence-corrected chi connectivity index (χ0v) is 10.5. The fourth-order valence-corrected chi connectivity index (χ4v) is 1.64. The molecule has 0 aliphatic carbocycles. The third kappa shape index (κ3) is 2.51. The van der Waals surface area contributed by atoms with Gasteiger partial charge in [-0.15, -0.1) is 0 Å². The monoisotopic (exact) mass is 244 g/mol. The highest BCUT2D eigenvalue weighted by Crippen LogP contribution is 2.29. The summed E-state index contributed by atoms with van der Waals surface area (Å²) in [4.78, 5) is 8.00. The second kappa shape index (κ2) is 5.35. The van der Waals surface area contributed by atoms with Gasteiger partial charge in [0.2, 0.25) is 5.75 Å². The van der Waals surface area contributed by atoms with Gasteiger partial charge in [0.1, 0.15) is 6.33 Å². The van der Waals surface area contributed by atoms with Crippen molar-refractivity contribution in [3.8, 4) is 5.75 Å². The van der Waals surface area contributed by atoms with E-state index in [-0.39, 0.29) is 0 Å². The molecule has 1 aromatic carbocycles. The smallest absolute Gasteiger partial charge is 0.204 e. The Kier molecular flexibility index (Phi) is 3.62. The molecule has 0 aliphatic heterocycles. The van der Waals surface area contributed by atoms with Crippen molar-refractivity contribution in [2.75, 3.05) is 18.2 Å². The Balaban J connectivity index is 2.25. The van der Waals surface area contributed by atoms with Gasteiger partial charge in [-0.25, -0.2) is 9.97 Å². The number of nitrogen functional groups attached to an aromatic ring is 1. The van der Waals surface area contributed by atoms with E-state index in [4.69, 9.17) is 10.5 Å². The van der Waals surface area contributed by atoms with E-state index < -0.39 is 0 Å². The number of rotatable bonds is 4. The summed E-state index contributed by atoms with van der Waals surface area (Å²) in [6, 6.07) is 8.13. The Bertz CT molecular complexity index is 525. The summed E-state index contributed by atoms with van der Waals surface area (Å²) in [6.07, 6.45) is 2.42. The minimum absolute atomic E-state index is 0.320. The van der Waals surface area contributed by atoms with Crippen molar-refractivity contribution in [2.45, 2.75) is 13.3 Å². The Morgan fingerprint density at radius 3 is 2.56 bits per heavy atom. The number of hydrogen-bond donors (Lipinski definition) is 2. The second-order valence-electron chi connectivity index (χ2n) is 3.82. The Morgan fingerprint density at radius 1 is 1.22 bits per heavy atom. The average molecular weight is 244 g/mol. The van der Waals surface area contributed by atoms with E-state index in [9.17, 15) is 0 Å². The maximum absolute atomic E-state index is 5.72. The van der Waals surface area contributed by atoms with Crippen molar-refractivity contribution in [1.82, 2.24) is 9.97 Å². The van der Waals surface area contributed by atoms with Crippen molar-refractivity contribution in [2.24, 2.45) is 0 Å². The van der Waals surface area contributed by atoms with Crippen LogP contribution in [0.4, 0.5) is 17.3 Å². The number of nitrogens with one attached hydrogen (secondary N) is 1. The van der Waals surface area contributed by atoms with Gasteiger partial charge in [0.25, 0.3) is 0 Å². The van der Waals surface area contributed by atoms with Gasteiger partial charge in [-0.2, -0.15) is 0 Å². The van der Waals surface area contributed by atoms with Gasteiger partial charge >= 0.3 is 0 Å². The lowest BCUT2D eigenvalue weighted by Gasteiger charge is -2.11. The maximum Gasteiger partial charge on any atom is 0.204 e. The number of aromatic nitrogens is 2. The predicted octanol–water partition coefficient (Wildman–Crippen LogP) is 2.37. The Hall–Kier alpha value is -2.30. The molecule has 0 fully saturated rings. The Labute approximate surface area is 106 Å². The normalized spacial score (nSPS) is 10.1. The predicted molar refractivity (Wildman–Crippen MR) is 72.1 cm³/mol. The number of aryl methyl sites for hydroxylation is 1. The minimum Gasteiger partial charge on any atom is -0.490 e. The number of nitrogens with two attached hydrogens (primary N) is 1. The molecule has 1 aromatic heterocycles. The van der Waals surface area contributed by atoms with Crippen LogP contribution in [0.1, 0.15) is 12.5 Å². The van der Waals surface area contributed by atoms with Crippen LogP contribution < -0.4 is 15.8 Å². The van der Waals surface area contributed by atoms with E-state index in [2.05, 4.69) is 34.3 Å². The Morgan fingerprint density at radius 2 is 1.94 bits per heavy atom. The molecule has 18 heavy (non-hydrogen) atoms. The molecule has 2 rings (SSSR count). The summed E-state index contributed by atoms with van der Waals surface area (Å²) in [5.41, 5.74) is 7.94. The fraction of sp³-hybridized carbons (Fsp3) is 0.231. The first-order valence-corrected chi connectivity index (χ1v) is 5.75. The lowest BCUT2D eigenvalue weighted by atomic mass is 10.1. The van der Waals surface area contributed by atoms with E-state index >= 15 is 0 Å². The van der Waals surface area contributed by atoms with Crippen molar-refractivity contribution in [3.63, 3.8) is 0 Å². The van der Waals surface area contributed by atoms with Gasteiger partial charge < -0.3 is 15.8 Å². The SMILES string of the molecule is CCc1ccc(Nc2ncnc(N)c2OC)cc1. The number of nitrogens with zero attached hydrogens (tertiary/aromatic N) is 2. The molecule has 0 saturated carbocycles. The average Bonchev–Trinajstić information content (AvgIpc) is 2.40. The van der Waals surface area contributed by atoms with Gasteiger partial charge in [-0.3, -0.25) is 0 Å². The summed E-state index contributed by atoms with van der Waals surface area (Å²) >= 11 is 0. The van der Waals surface area contributed by atoms with E-state index in [0.29, 0.717) is 17.4 Å². The number of ether oxygens (including phenoxy) is 1. The van der Waals surface area contributed by atoms with Gasteiger partial charge in [-0.05, 0) is 24.1 Å². The van der Waals surface area contributed by atoms with Gasteiger partial charge in [-0.1, -0.05) is 19.1 Å². The molecular formula is C13H16N4O. The molecule has 0 radical (unpaired) electrons. The fourth-order valence-electron chi connectivity index (χ4n) is 1.64. The van der Waals surface area contributed by atoms with Crippen LogP contribution in [0.25, 0.3) is 0 Å². The molecule has 5 nitrogen and oxygen atoms in total. The molecular weight excluding hydrogens is 228 g/mol. The van der Waals surface area contributed by atoms with E-state index in [1.54, 1.807) is 7.11 Å². The topological polar surface area (TPSA) is 73.1 Å². The number of methoxy groups -OCH3 is 1. The summed E-state index contributed by atoms with van der Waals surface area (Å²) < 4.78 is 5.18. The zero-order valence-electron chi connectivity index (χ0n) is 10.5. The number of benzene rings is 1. The number of hydrogen-bond acceptors (Lipinski definition) is 5. The van der Waals surface area contributed by atoms with Crippen LogP contribution in [-0.2, 0) is 6.42 Å². The van der Waals surface area contributed by atoms with Crippen LogP contribution >= 0.6 is 0 Å². The highest BCUT2D eigenvalue weighted by atomic mass is 16.5. The molecule has 0 saturated heterocycles. The van der Waals surface area contributed by atoms with Crippen molar-refractivity contribution in [1.29, 1.82) is 0 Å². The van der Waals surface area contributed by atoms with Crippen molar-refractivity contribution >= 4 is 17.3 Å². The molecule has 3 N–H and O–H groups in total. The molecule has 0 amide bonds. The van der Waals surface area contributed by atoms with Crippen LogP contribution in [-0.4, -0.2) is 17.1 Å². The summed E-state index contributed by atoms with van der Waals surface area (Å²) in [5.74, 6) is 1.34. The second-order valence-corrected chi connectivity index (χ2v) is 3.82. The molecule has 0 aliphatic rings. The quantitative estimate of drug-likeness (QED) is 0.863. The van der Waals surface area contributed by atoms with E-state index in [1.165, 1.54) is 11.9 Å². The van der Waals surface area contributed by atoms with Crippen molar-refractivity contribution in [3.05, 3.63) is 36.2 Å². The maximum atomic E-state index is 5.72. The largest absolute Gasteiger partial charge is 0.490 e. The van der Waals surface area contributed by atoms with Gasteiger partial charge in [0, 0.05) is 5.69 Å². The lowest BCUT2D eigenvalue weighted by Crippen LogP contribution is -2.02. The van der Waals surface area contributed by atoms with Gasteiger partial charge in [0.05, 0.1) is 7.11 Å². The third-order valence-corrected chi connectivity index (χ3v) is 2.66. The van der Waals surface area contributed by atoms with Gasteiger partial charge in [0.15, 0.2) is 11.6 Å². The van der Waals surface area contributed by atoms with Crippen LogP contribution in [0.2, 0.25) is 0 Å². The molecule has 0 atom stereocenters. The van der Waals surface area contributed by atoms with Crippen LogP contribution in [0.3, 0.4) is 0 Å². The van der Waals surface area contributed by atoms with Crippen LogP contribution in [0.15, 0.2) is 30.6 Å². The molecule has 0 unspecified atom stereocenters. The van der Waals surface area contributed by atoms with E-state index in [0.717, 1.165) is 12.1 Å². The zero-order chi connectivity index (χ0) is 13.0. The third-order valence-electron chi connectivity index (χ3n) is 2.66. The van der Waals surface area contributed by atoms with Crippen LogP contribution in [0.5, 0.6) is 5.75 Å². The minimum atomic E-state index is 0.320. The lowest BCUT2D eigenvalue weighted by molar-refractivity contribution is 0.415. The first kappa shape index (κ1) is 12.2. The van der Waals surface area contributed by atoms with Crippen molar-refractivity contribution < 1.29 is 4.74 Å². The summed E-state index contributed by atoms with van der Waals surface area (Å²) in [5, 5.41) is 3.16. The highest BCUT2D eigenvalue weighted by Gasteiger charge is 2.09. The van der Waals surface area contributed by atoms with E-state index in [1.807, 2.05) is 12.1 Å². The standard InChI is InChI=1S/C13H16N4O/c1-3-9-4-6-10(7-5-9)17-13-11(18-2)12(14)15-8-16-13/h4-8H,3H2,1-2H3,(H3,14,15,16,17). The highest BCUT2D eigenvalue weighted by molar-refractivity contribution is 5.67. The summed E-state index contributed by atoms with van der Waals surface area (Å²) in [7, 11) is 1.54. The van der Waals surface area contributed by atoms with Crippen LogP contribution in [0, 0.1) is 0 Å². The first-order chi connectivity index (χ1) is 8.74. The molecule has 94 valence electrons. The molecule has 0 spiro atoms. The first-order valence-electron chi connectivity index (χ1n) is 5.75. The summed E-state index contributed by atoms with van der Waals surface area (Å²) in [6.45, 7) is 2.12. The molecule has 2 aromatic rings.